The summed E-state index contributed by atoms with van der Waals surface area (Å²) >= 11 is 0. The van der Waals surface area contributed by atoms with Gasteiger partial charge in [-0.2, -0.15) is 4.31 Å². The van der Waals surface area contributed by atoms with E-state index in [4.69, 9.17) is 9.15 Å². The Morgan fingerprint density at radius 2 is 1.91 bits per heavy atom. The number of fused-ring (bicyclic) bond motifs is 3. The Bertz CT molecular complexity index is 1360. The lowest BCUT2D eigenvalue weighted by Gasteiger charge is -2.33. The van der Waals surface area contributed by atoms with Crippen LogP contribution in [0.5, 0.6) is 5.75 Å². The summed E-state index contributed by atoms with van der Waals surface area (Å²) in [4.78, 5) is 26.2. The molecule has 34 heavy (non-hydrogen) atoms. The molecule has 9 nitrogen and oxygen atoms in total. The third-order valence-electron chi connectivity index (χ3n) is 6.65. The number of carbonyl (C=O) groups excluding carboxylic acids is 2. The third kappa shape index (κ3) is 4.53. The van der Waals surface area contributed by atoms with Crippen LogP contribution >= 0.6 is 0 Å². The van der Waals surface area contributed by atoms with Crippen molar-refractivity contribution in [1.29, 1.82) is 0 Å². The summed E-state index contributed by atoms with van der Waals surface area (Å²) in [7, 11) is -3.13. The second-order valence-corrected chi connectivity index (χ2v) is 10.9. The molecule has 3 heterocycles. The summed E-state index contributed by atoms with van der Waals surface area (Å²) in [5, 5.41) is 5.26. The summed E-state index contributed by atoms with van der Waals surface area (Å²) in [6.07, 6.45) is 3.65. The van der Waals surface area contributed by atoms with Crippen LogP contribution < -0.4 is 10.1 Å². The molecule has 2 aromatic carbocycles. The number of carbonyl (C=O) groups is 2. The highest BCUT2D eigenvalue weighted by molar-refractivity contribution is 7.88. The molecule has 5 rings (SSSR count). The zero-order valence-corrected chi connectivity index (χ0v) is 19.8. The van der Waals surface area contributed by atoms with Gasteiger partial charge in [0.25, 0.3) is 0 Å². The zero-order valence-electron chi connectivity index (χ0n) is 19.0. The average Bonchev–Trinajstić information content (AvgIpc) is 3.23. The molecule has 3 aromatic rings. The molecule has 1 atom stereocenters. The van der Waals surface area contributed by atoms with E-state index in [1.165, 1.54) is 10.6 Å². The minimum absolute atomic E-state index is 0.238. The summed E-state index contributed by atoms with van der Waals surface area (Å²) in [6.45, 7) is 3.61. The minimum atomic E-state index is -3.13. The van der Waals surface area contributed by atoms with E-state index in [2.05, 4.69) is 10.2 Å². The second-order valence-electron chi connectivity index (χ2n) is 8.87. The smallest absolute Gasteiger partial charge is 0.234 e. The van der Waals surface area contributed by atoms with Crippen LogP contribution in [0.2, 0.25) is 0 Å². The molecule has 2 aliphatic heterocycles. The molecule has 1 aromatic heterocycles. The number of amides is 2. The number of benzene rings is 2. The number of imide groups is 1. The maximum absolute atomic E-state index is 12.4. The van der Waals surface area contributed by atoms with Crippen molar-refractivity contribution < 1.29 is 27.2 Å². The Morgan fingerprint density at radius 1 is 1.12 bits per heavy atom. The van der Waals surface area contributed by atoms with Crippen molar-refractivity contribution in [3.63, 3.8) is 0 Å². The van der Waals surface area contributed by atoms with Crippen LogP contribution in [0.1, 0.15) is 24.3 Å². The lowest BCUT2D eigenvalue weighted by molar-refractivity contribution is -0.134. The van der Waals surface area contributed by atoms with Crippen molar-refractivity contribution in [3.05, 3.63) is 42.2 Å². The van der Waals surface area contributed by atoms with Crippen molar-refractivity contribution >= 4 is 43.6 Å². The van der Waals surface area contributed by atoms with Gasteiger partial charge in [-0.3, -0.25) is 19.8 Å². The van der Waals surface area contributed by atoms with Crippen molar-refractivity contribution in [2.45, 2.75) is 18.8 Å². The molecule has 10 heteroatoms. The van der Waals surface area contributed by atoms with Gasteiger partial charge in [-0.1, -0.05) is 6.07 Å². The van der Waals surface area contributed by atoms with E-state index in [1.807, 2.05) is 30.3 Å². The molecule has 2 saturated heterocycles. The SMILES string of the molecule is CS(=O)(=O)N1CCN(CCOc2ccc3c(ccc4occ([C@@H]5CCC(=O)NC5=O)c43)c2)CC1. The fourth-order valence-electron chi connectivity index (χ4n) is 4.78. The summed E-state index contributed by atoms with van der Waals surface area (Å²) in [5.74, 6) is -0.192. The largest absolute Gasteiger partial charge is 0.492 e. The van der Waals surface area contributed by atoms with Gasteiger partial charge in [-0.15, -0.1) is 0 Å². The molecule has 1 N–H and O–H groups in total. The molecule has 2 amide bonds. The predicted molar refractivity (Wildman–Crippen MR) is 127 cm³/mol. The number of ether oxygens (including phenoxy) is 1. The molecule has 2 fully saturated rings. The zero-order chi connectivity index (χ0) is 23.9. The number of piperazine rings is 1. The summed E-state index contributed by atoms with van der Waals surface area (Å²) in [5.41, 5.74) is 1.50. The Hall–Kier alpha value is -2.95. The van der Waals surface area contributed by atoms with Gasteiger partial charge in [0.1, 0.15) is 17.9 Å². The lowest BCUT2D eigenvalue weighted by Crippen LogP contribution is -2.49. The van der Waals surface area contributed by atoms with Crippen LogP contribution in [0.25, 0.3) is 21.7 Å². The first kappa shape index (κ1) is 22.8. The second kappa shape index (κ2) is 9.01. The molecular weight excluding hydrogens is 458 g/mol. The highest BCUT2D eigenvalue weighted by atomic mass is 32.2. The number of piperidine rings is 1. The number of hydrogen-bond acceptors (Lipinski definition) is 7. The van der Waals surface area contributed by atoms with Gasteiger partial charge >= 0.3 is 0 Å². The number of nitrogens with zero attached hydrogens (tertiary/aromatic N) is 2. The number of rotatable bonds is 6. The van der Waals surface area contributed by atoms with Crippen LogP contribution in [0.4, 0.5) is 0 Å². The van der Waals surface area contributed by atoms with Gasteiger partial charge in [0, 0.05) is 50.1 Å². The number of sulfonamides is 1. The first-order chi connectivity index (χ1) is 16.3. The first-order valence-electron chi connectivity index (χ1n) is 11.4. The van der Waals surface area contributed by atoms with Crippen LogP contribution in [0.3, 0.4) is 0 Å². The first-order valence-corrected chi connectivity index (χ1v) is 13.2. The Labute approximate surface area is 197 Å². The fourth-order valence-corrected chi connectivity index (χ4v) is 5.61. The van der Waals surface area contributed by atoms with Gasteiger partial charge in [0.15, 0.2) is 0 Å². The van der Waals surface area contributed by atoms with Gasteiger partial charge in [0.05, 0.1) is 18.4 Å². The molecule has 180 valence electrons. The van der Waals surface area contributed by atoms with Crippen LogP contribution in [0, 0.1) is 0 Å². The molecule has 2 aliphatic rings. The van der Waals surface area contributed by atoms with E-state index in [-0.39, 0.29) is 11.8 Å². The summed E-state index contributed by atoms with van der Waals surface area (Å²) in [6, 6.07) is 9.70. The van der Waals surface area contributed by atoms with Gasteiger partial charge < -0.3 is 9.15 Å². The topological polar surface area (TPSA) is 109 Å². The van der Waals surface area contributed by atoms with E-state index in [0.29, 0.717) is 51.2 Å². The maximum Gasteiger partial charge on any atom is 0.234 e. The van der Waals surface area contributed by atoms with Crippen molar-refractivity contribution in [2.75, 3.05) is 45.6 Å². The normalized spacial score (nSPS) is 20.7. The van der Waals surface area contributed by atoms with Crippen LogP contribution in [-0.4, -0.2) is 75.0 Å². The molecular formula is C24H27N3O6S. The van der Waals surface area contributed by atoms with Crippen LogP contribution in [-0.2, 0) is 19.6 Å². The Kier molecular flexibility index (Phi) is 6.05. The third-order valence-corrected chi connectivity index (χ3v) is 7.95. The Balaban J connectivity index is 1.28. The van der Waals surface area contributed by atoms with E-state index in [0.717, 1.165) is 34.0 Å². The van der Waals surface area contributed by atoms with E-state index in [9.17, 15) is 18.0 Å². The summed E-state index contributed by atoms with van der Waals surface area (Å²) < 4.78 is 36.5. The standard InChI is InChI=1S/C24H27N3O6S/c1-34(30,31)27-10-8-26(9-11-27)12-13-32-17-3-4-18-16(14-17)2-6-21-23(18)20(15-33-21)19-5-7-22(28)25-24(19)29/h2-4,6,14-15,19H,5,7-13H2,1H3,(H,25,28,29)/t19-/m0/s1. The van der Waals surface area contributed by atoms with Crippen LogP contribution in [0.15, 0.2) is 41.0 Å². The van der Waals surface area contributed by atoms with Gasteiger partial charge in [0.2, 0.25) is 21.8 Å². The number of furan rings is 1. The van der Waals surface area contributed by atoms with E-state index >= 15 is 0 Å². The minimum Gasteiger partial charge on any atom is -0.492 e. The van der Waals surface area contributed by atoms with Crippen molar-refractivity contribution in [3.8, 4) is 5.75 Å². The maximum atomic E-state index is 12.4. The lowest BCUT2D eigenvalue weighted by atomic mass is 9.89. The fraction of sp³-hybridized carbons (Fsp3) is 0.417. The monoisotopic (exact) mass is 485 g/mol. The number of nitrogens with one attached hydrogen (secondary N) is 1. The van der Waals surface area contributed by atoms with Gasteiger partial charge in [-0.05, 0) is 41.5 Å². The molecule has 0 unspecified atom stereocenters. The van der Waals surface area contributed by atoms with E-state index in [1.54, 1.807) is 6.26 Å². The quantitative estimate of drug-likeness (QED) is 0.532. The predicted octanol–water partition coefficient (Wildman–Crippen LogP) is 2.06. The van der Waals surface area contributed by atoms with E-state index < -0.39 is 15.9 Å². The molecule has 0 spiro atoms. The van der Waals surface area contributed by atoms with Crippen molar-refractivity contribution in [1.82, 2.24) is 14.5 Å². The highest BCUT2D eigenvalue weighted by Crippen LogP contribution is 2.37. The molecule has 0 saturated carbocycles. The number of hydrogen-bond donors (Lipinski definition) is 1. The average molecular weight is 486 g/mol. The molecule has 0 radical (unpaired) electrons. The van der Waals surface area contributed by atoms with Gasteiger partial charge in [-0.25, -0.2) is 8.42 Å². The molecule has 0 aliphatic carbocycles. The highest BCUT2D eigenvalue weighted by Gasteiger charge is 2.31. The Morgan fingerprint density at radius 3 is 2.65 bits per heavy atom. The molecule has 0 bridgehead atoms. The van der Waals surface area contributed by atoms with Crippen molar-refractivity contribution in [2.24, 2.45) is 0 Å².